The number of aryl methyl sites for hydroxylation is 1. The van der Waals surface area contributed by atoms with E-state index in [-0.39, 0.29) is 22.8 Å². The predicted octanol–water partition coefficient (Wildman–Crippen LogP) is 2.88. The molecule has 0 amide bonds. The van der Waals surface area contributed by atoms with Gasteiger partial charge < -0.3 is 10.1 Å². The zero-order valence-electron chi connectivity index (χ0n) is 10.7. The van der Waals surface area contributed by atoms with E-state index >= 15 is 0 Å². The third-order valence-corrected chi connectivity index (χ3v) is 3.44. The normalized spacial score (nSPS) is 23.0. The molecule has 1 aliphatic carbocycles. The summed E-state index contributed by atoms with van der Waals surface area (Å²) in [6.07, 6.45) is 3.23. The van der Waals surface area contributed by atoms with Crippen molar-refractivity contribution in [1.82, 2.24) is 0 Å². The number of methoxy groups -OCH3 is 1. The first-order valence-corrected chi connectivity index (χ1v) is 6.16. The van der Waals surface area contributed by atoms with Crippen LogP contribution < -0.4 is 5.32 Å². The Morgan fingerprint density at radius 3 is 2.89 bits per heavy atom. The minimum Gasteiger partial charge on any atom is -0.379 e. The maximum Gasteiger partial charge on any atom is 0.292 e. The summed E-state index contributed by atoms with van der Waals surface area (Å²) in [4.78, 5) is 10.6. The van der Waals surface area contributed by atoms with Crippen molar-refractivity contribution < 1.29 is 9.66 Å². The lowest BCUT2D eigenvalue weighted by molar-refractivity contribution is -0.384. The monoisotopic (exact) mass is 250 g/mol. The third kappa shape index (κ3) is 2.61. The van der Waals surface area contributed by atoms with Crippen LogP contribution in [0.1, 0.15) is 24.8 Å². The molecule has 1 saturated carbocycles. The first-order chi connectivity index (χ1) is 8.61. The van der Waals surface area contributed by atoms with Gasteiger partial charge in [0.25, 0.3) is 5.69 Å². The van der Waals surface area contributed by atoms with Crippen molar-refractivity contribution in [2.24, 2.45) is 0 Å². The number of benzene rings is 1. The lowest BCUT2D eigenvalue weighted by Crippen LogP contribution is -2.30. The van der Waals surface area contributed by atoms with Gasteiger partial charge >= 0.3 is 0 Å². The van der Waals surface area contributed by atoms with Gasteiger partial charge in [0.05, 0.1) is 17.1 Å². The fourth-order valence-electron chi connectivity index (χ4n) is 2.50. The third-order valence-electron chi connectivity index (χ3n) is 3.44. The fourth-order valence-corrected chi connectivity index (χ4v) is 2.50. The highest BCUT2D eigenvalue weighted by molar-refractivity contribution is 5.63. The van der Waals surface area contributed by atoms with Crippen LogP contribution in [0.5, 0.6) is 0 Å². The quantitative estimate of drug-likeness (QED) is 0.659. The number of anilines is 1. The number of nitro groups is 1. The van der Waals surface area contributed by atoms with Gasteiger partial charge in [-0.3, -0.25) is 10.1 Å². The van der Waals surface area contributed by atoms with Crippen molar-refractivity contribution in [1.29, 1.82) is 0 Å². The standard InChI is InChI=1S/C13H18N2O3/c1-9-6-7-12(15(16)17)11(8-9)14-10-4-3-5-13(10)18-2/h6-8,10,13-14H,3-5H2,1-2H3. The molecular weight excluding hydrogens is 232 g/mol. The number of nitrogens with zero attached hydrogens (tertiary/aromatic N) is 1. The first-order valence-electron chi connectivity index (χ1n) is 6.16. The average Bonchev–Trinajstić information content (AvgIpc) is 2.76. The van der Waals surface area contributed by atoms with Crippen LogP contribution in [0.15, 0.2) is 18.2 Å². The molecule has 2 unspecified atom stereocenters. The van der Waals surface area contributed by atoms with Gasteiger partial charge in [-0.2, -0.15) is 0 Å². The van der Waals surface area contributed by atoms with Gasteiger partial charge in [-0.15, -0.1) is 0 Å². The number of rotatable bonds is 4. The van der Waals surface area contributed by atoms with Gasteiger partial charge in [0.15, 0.2) is 0 Å². The molecule has 18 heavy (non-hydrogen) atoms. The van der Waals surface area contributed by atoms with Gasteiger partial charge in [-0.25, -0.2) is 0 Å². The highest BCUT2D eigenvalue weighted by Gasteiger charge is 2.28. The van der Waals surface area contributed by atoms with Gasteiger partial charge in [0.2, 0.25) is 0 Å². The van der Waals surface area contributed by atoms with E-state index in [4.69, 9.17) is 4.74 Å². The molecule has 0 bridgehead atoms. The Hall–Kier alpha value is -1.62. The second kappa shape index (κ2) is 5.35. The zero-order chi connectivity index (χ0) is 13.1. The van der Waals surface area contributed by atoms with Gasteiger partial charge in [-0.1, -0.05) is 6.07 Å². The number of ether oxygens (including phenoxy) is 1. The van der Waals surface area contributed by atoms with Gasteiger partial charge in [0.1, 0.15) is 5.69 Å². The Bertz CT molecular complexity index is 448. The smallest absolute Gasteiger partial charge is 0.292 e. The largest absolute Gasteiger partial charge is 0.379 e. The van der Waals surface area contributed by atoms with E-state index in [0.717, 1.165) is 24.8 Å². The molecule has 0 spiro atoms. The minimum atomic E-state index is -0.349. The zero-order valence-corrected chi connectivity index (χ0v) is 10.7. The molecule has 0 saturated heterocycles. The van der Waals surface area contributed by atoms with Crippen LogP contribution in [0.4, 0.5) is 11.4 Å². The van der Waals surface area contributed by atoms with E-state index in [1.165, 1.54) is 0 Å². The SMILES string of the molecule is COC1CCCC1Nc1cc(C)ccc1[N+](=O)[O-]. The maximum absolute atomic E-state index is 11.0. The van der Waals surface area contributed by atoms with Crippen LogP contribution in [0.3, 0.4) is 0 Å². The molecule has 0 radical (unpaired) electrons. The highest BCUT2D eigenvalue weighted by Crippen LogP contribution is 2.30. The number of nitro benzene ring substituents is 1. The Morgan fingerprint density at radius 2 is 2.22 bits per heavy atom. The van der Waals surface area contributed by atoms with Crippen molar-refractivity contribution >= 4 is 11.4 Å². The molecule has 1 aromatic carbocycles. The van der Waals surface area contributed by atoms with Gasteiger partial charge in [-0.05, 0) is 37.8 Å². The fraction of sp³-hybridized carbons (Fsp3) is 0.538. The Balaban J connectivity index is 2.22. The Morgan fingerprint density at radius 1 is 1.44 bits per heavy atom. The molecule has 98 valence electrons. The lowest BCUT2D eigenvalue weighted by Gasteiger charge is -2.20. The summed E-state index contributed by atoms with van der Waals surface area (Å²) in [5.41, 5.74) is 1.73. The molecule has 2 atom stereocenters. The van der Waals surface area contributed by atoms with Crippen LogP contribution in [0, 0.1) is 17.0 Å². The van der Waals surface area contributed by atoms with Crippen LogP contribution >= 0.6 is 0 Å². The average molecular weight is 250 g/mol. The van der Waals surface area contributed by atoms with Crippen LogP contribution in [-0.4, -0.2) is 24.2 Å². The van der Waals surface area contributed by atoms with Crippen LogP contribution in [-0.2, 0) is 4.74 Å². The summed E-state index contributed by atoms with van der Waals surface area (Å²) >= 11 is 0. The summed E-state index contributed by atoms with van der Waals surface area (Å²) in [5, 5.41) is 14.3. The topological polar surface area (TPSA) is 64.4 Å². The van der Waals surface area contributed by atoms with Gasteiger partial charge in [0, 0.05) is 13.2 Å². The van der Waals surface area contributed by atoms with Crippen LogP contribution in [0.25, 0.3) is 0 Å². The van der Waals surface area contributed by atoms with E-state index in [9.17, 15) is 10.1 Å². The lowest BCUT2D eigenvalue weighted by atomic mass is 10.1. The molecule has 0 heterocycles. The molecule has 0 aromatic heterocycles. The van der Waals surface area contributed by atoms with E-state index in [1.54, 1.807) is 19.2 Å². The summed E-state index contributed by atoms with van der Waals surface area (Å²) in [6.45, 7) is 1.93. The summed E-state index contributed by atoms with van der Waals surface area (Å²) in [6, 6.07) is 5.29. The molecular formula is C13H18N2O3. The highest BCUT2D eigenvalue weighted by atomic mass is 16.6. The molecule has 1 fully saturated rings. The Kier molecular flexibility index (Phi) is 3.81. The predicted molar refractivity (Wildman–Crippen MR) is 69.9 cm³/mol. The molecule has 5 nitrogen and oxygen atoms in total. The molecule has 1 N–H and O–H groups in total. The van der Waals surface area contributed by atoms with Crippen molar-refractivity contribution in [2.45, 2.75) is 38.3 Å². The minimum absolute atomic E-state index is 0.127. The molecule has 1 aliphatic rings. The van der Waals surface area contributed by atoms with E-state index in [0.29, 0.717) is 5.69 Å². The first kappa shape index (κ1) is 12.8. The van der Waals surface area contributed by atoms with Crippen molar-refractivity contribution in [3.05, 3.63) is 33.9 Å². The van der Waals surface area contributed by atoms with E-state index in [1.807, 2.05) is 13.0 Å². The van der Waals surface area contributed by atoms with Crippen molar-refractivity contribution in [2.75, 3.05) is 12.4 Å². The van der Waals surface area contributed by atoms with Crippen molar-refractivity contribution in [3.63, 3.8) is 0 Å². The van der Waals surface area contributed by atoms with Crippen molar-refractivity contribution in [3.8, 4) is 0 Å². The number of hydrogen-bond acceptors (Lipinski definition) is 4. The summed E-state index contributed by atoms with van der Waals surface area (Å²) in [7, 11) is 1.69. The Labute approximate surface area is 106 Å². The second-order valence-corrected chi connectivity index (χ2v) is 4.73. The number of nitrogens with one attached hydrogen (secondary N) is 1. The molecule has 0 aliphatic heterocycles. The molecule has 5 heteroatoms. The summed E-state index contributed by atoms with van der Waals surface area (Å²) in [5.74, 6) is 0. The maximum atomic E-state index is 11.0. The second-order valence-electron chi connectivity index (χ2n) is 4.73. The molecule has 2 rings (SSSR count). The van der Waals surface area contributed by atoms with E-state index in [2.05, 4.69) is 5.32 Å². The van der Waals surface area contributed by atoms with E-state index < -0.39 is 0 Å². The number of hydrogen-bond donors (Lipinski definition) is 1. The summed E-state index contributed by atoms with van der Waals surface area (Å²) < 4.78 is 5.39. The van der Waals surface area contributed by atoms with Crippen LogP contribution in [0.2, 0.25) is 0 Å². The molecule has 1 aromatic rings.